The third-order valence-electron chi connectivity index (χ3n) is 3.88. The maximum Gasteiger partial charge on any atom is 0.251 e. The van der Waals surface area contributed by atoms with Crippen molar-refractivity contribution in [1.29, 1.82) is 0 Å². The van der Waals surface area contributed by atoms with E-state index in [9.17, 15) is 13.2 Å². The van der Waals surface area contributed by atoms with Crippen LogP contribution in [0.15, 0.2) is 76.3 Å². The zero-order valence-corrected chi connectivity index (χ0v) is 16.0. The van der Waals surface area contributed by atoms with E-state index in [-0.39, 0.29) is 16.7 Å². The van der Waals surface area contributed by atoms with Crippen LogP contribution in [0.2, 0.25) is 5.02 Å². The Morgan fingerprint density at radius 3 is 2.31 bits per heavy atom. The summed E-state index contributed by atoms with van der Waals surface area (Å²) in [5.74, 6) is -0.314. The van der Waals surface area contributed by atoms with Gasteiger partial charge in [0.1, 0.15) is 9.46 Å². The Kier molecular flexibility index (Phi) is 5.76. The van der Waals surface area contributed by atoms with Crippen LogP contribution in [-0.4, -0.2) is 20.9 Å². The van der Waals surface area contributed by atoms with Gasteiger partial charge in [-0.15, -0.1) is 11.3 Å². The maximum atomic E-state index is 13.1. The topological polar surface area (TPSA) is 63.2 Å². The van der Waals surface area contributed by atoms with Crippen molar-refractivity contribution in [3.8, 4) is 0 Å². The molecule has 0 aliphatic carbocycles. The van der Waals surface area contributed by atoms with Crippen molar-refractivity contribution in [2.75, 3.05) is 6.54 Å². The lowest BCUT2D eigenvalue weighted by Crippen LogP contribution is -2.31. The first kappa shape index (κ1) is 18.6. The molecule has 26 heavy (non-hydrogen) atoms. The molecule has 1 N–H and O–H groups in total. The van der Waals surface area contributed by atoms with Gasteiger partial charge in [0.25, 0.3) is 5.91 Å². The zero-order valence-electron chi connectivity index (χ0n) is 13.6. The van der Waals surface area contributed by atoms with Crippen LogP contribution in [0, 0.1) is 0 Å². The van der Waals surface area contributed by atoms with E-state index in [4.69, 9.17) is 11.6 Å². The van der Waals surface area contributed by atoms with Crippen LogP contribution in [0.3, 0.4) is 0 Å². The number of nitrogens with one attached hydrogen (secondary N) is 1. The molecule has 0 bridgehead atoms. The highest BCUT2D eigenvalue weighted by atomic mass is 35.5. The third kappa shape index (κ3) is 4.15. The summed E-state index contributed by atoms with van der Waals surface area (Å²) in [4.78, 5) is 12.3. The molecule has 1 amide bonds. The van der Waals surface area contributed by atoms with Crippen molar-refractivity contribution in [1.82, 2.24) is 5.32 Å². The van der Waals surface area contributed by atoms with Gasteiger partial charge in [0.15, 0.2) is 9.84 Å². The molecule has 0 spiro atoms. The second-order valence-corrected chi connectivity index (χ2v) is 9.33. The van der Waals surface area contributed by atoms with E-state index in [1.165, 1.54) is 0 Å². The molecule has 0 saturated heterocycles. The molecule has 134 valence electrons. The van der Waals surface area contributed by atoms with Crippen LogP contribution in [0.1, 0.15) is 21.2 Å². The Hall–Kier alpha value is -2.15. The van der Waals surface area contributed by atoms with Crippen LogP contribution in [0.4, 0.5) is 0 Å². The lowest BCUT2D eigenvalue weighted by Gasteiger charge is -2.18. The first-order valence-electron chi connectivity index (χ1n) is 7.84. The van der Waals surface area contributed by atoms with Crippen LogP contribution in [0.25, 0.3) is 0 Å². The Morgan fingerprint density at radius 1 is 1.00 bits per heavy atom. The summed E-state index contributed by atoms with van der Waals surface area (Å²) in [7, 11) is -3.64. The lowest BCUT2D eigenvalue weighted by molar-refractivity contribution is 0.0953. The molecular formula is C19H16ClNO3S2. The van der Waals surface area contributed by atoms with E-state index in [1.807, 2.05) is 6.07 Å². The van der Waals surface area contributed by atoms with Crippen molar-refractivity contribution >= 4 is 38.7 Å². The minimum atomic E-state index is -3.64. The van der Waals surface area contributed by atoms with Gasteiger partial charge in [0, 0.05) is 17.1 Å². The minimum Gasteiger partial charge on any atom is -0.350 e. The first-order chi connectivity index (χ1) is 12.5. The van der Waals surface area contributed by atoms with Gasteiger partial charge < -0.3 is 5.32 Å². The molecule has 0 fully saturated rings. The average molecular weight is 406 g/mol. The van der Waals surface area contributed by atoms with Crippen molar-refractivity contribution < 1.29 is 13.2 Å². The van der Waals surface area contributed by atoms with Gasteiger partial charge in [-0.2, -0.15) is 0 Å². The number of hydrogen-bond donors (Lipinski definition) is 1. The largest absolute Gasteiger partial charge is 0.350 e. The molecule has 2 aromatic carbocycles. The van der Waals surface area contributed by atoms with Gasteiger partial charge in [0.05, 0.1) is 0 Å². The highest BCUT2D eigenvalue weighted by Crippen LogP contribution is 2.31. The van der Waals surface area contributed by atoms with Crippen molar-refractivity contribution in [2.45, 2.75) is 9.46 Å². The smallest absolute Gasteiger partial charge is 0.251 e. The van der Waals surface area contributed by atoms with Crippen LogP contribution < -0.4 is 5.32 Å². The predicted octanol–water partition coefficient (Wildman–Crippen LogP) is 4.35. The van der Waals surface area contributed by atoms with Crippen molar-refractivity contribution in [3.63, 3.8) is 0 Å². The van der Waals surface area contributed by atoms with E-state index in [1.54, 1.807) is 66.0 Å². The van der Waals surface area contributed by atoms with Gasteiger partial charge in [0.2, 0.25) is 0 Å². The first-order valence-corrected chi connectivity index (χ1v) is 10.6. The van der Waals surface area contributed by atoms with Crippen LogP contribution >= 0.6 is 22.9 Å². The number of sulfone groups is 1. The number of carbonyl (C=O) groups is 1. The van der Waals surface area contributed by atoms with E-state index >= 15 is 0 Å². The molecule has 1 atom stereocenters. The number of benzene rings is 2. The standard InChI is InChI=1S/C19H16ClNO3S2/c20-16-10-8-14(9-11-16)17(26(23,24)18-7-4-12-25-18)13-21-19(22)15-5-2-1-3-6-15/h1-12,17H,13H2,(H,21,22)/t17-/m0/s1. The second-order valence-electron chi connectivity index (χ2n) is 5.59. The lowest BCUT2D eigenvalue weighted by atomic mass is 10.1. The quantitative estimate of drug-likeness (QED) is 0.663. The molecule has 0 saturated carbocycles. The van der Waals surface area contributed by atoms with Crippen molar-refractivity contribution in [2.24, 2.45) is 0 Å². The molecule has 0 aliphatic rings. The Balaban J connectivity index is 1.89. The Bertz CT molecular complexity index is 969. The highest BCUT2D eigenvalue weighted by molar-refractivity contribution is 7.93. The van der Waals surface area contributed by atoms with Crippen LogP contribution in [-0.2, 0) is 9.84 Å². The summed E-state index contributed by atoms with van der Waals surface area (Å²) in [6, 6.07) is 18.6. The highest BCUT2D eigenvalue weighted by Gasteiger charge is 2.30. The second kappa shape index (κ2) is 8.03. The SMILES string of the molecule is O=C(NC[C@@H](c1ccc(Cl)cc1)S(=O)(=O)c1cccs1)c1ccccc1. The van der Waals surface area contributed by atoms with E-state index in [0.29, 0.717) is 16.1 Å². The van der Waals surface area contributed by atoms with Gasteiger partial charge in [-0.1, -0.05) is 48.0 Å². The van der Waals surface area contributed by atoms with Gasteiger partial charge in [-0.25, -0.2) is 8.42 Å². The number of thiophene rings is 1. The van der Waals surface area contributed by atoms with Crippen LogP contribution in [0.5, 0.6) is 0 Å². The predicted molar refractivity (Wildman–Crippen MR) is 104 cm³/mol. The fraction of sp³-hybridized carbons (Fsp3) is 0.105. The van der Waals surface area contributed by atoms with Gasteiger partial charge in [-0.3, -0.25) is 4.79 Å². The monoisotopic (exact) mass is 405 g/mol. The minimum absolute atomic E-state index is 0.0321. The molecule has 0 unspecified atom stereocenters. The number of halogens is 1. The molecule has 0 radical (unpaired) electrons. The number of amides is 1. The zero-order chi connectivity index (χ0) is 18.6. The third-order valence-corrected chi connectivity index (χ3v) is 7.66. The summed E-state index contributed by atoms with van der Waals surface area (Å²) in [6.45, 7) is -0.0321. The van der Waals surface area contributed by atoms with E-state index in [0.717, 1.165) is 11.3 Å². The average Bonchev–Trinajstić information content (AvgIpc) is 3.19. The van der Waals surface area contributed by atoms with E-state index < -0.39 is 15.1 Å². The summed E-state index contributed by atoms with van der Waals surface area (Å²) < 4.78 is 26.4. The maximum absolute atomic E-state index is 13.1. The molecule has 1 aromatic heterocycles. The molecule has 1 heterocycles. The fourth-order valence-corrected chi connectivity index (χ4v) is 5.52. The van der Waals surface area contributed by atoms with Gasteiger partial charge in [-0.05, 0) is 41.3 Å². The Morgan fingerprint density at radius 2 is 1.69 bits per heavy atom. The number of rotatable bonds is 6. The van der Waals surface area contributed by atoms with Gasteiger partial charge >= 0.3 is 0 Å². The summed E-state index contributed by atoms with van der Waals surface area (Å²) >= 11 is 7.08. The normalized spacial score (nSPS) is 12.5. The molecule has 7 heteroatoms. The number of carbonyl (C=O) groups excluding carboxylic acids is 1. The summed E-state index contributed by atoms with van der Waals surface area (Å²) in [6.07, 6.45) is 0. The number of hydrogen-bond acceptors (Lipinski definition) is 4. The summed E-state index contributed by atoms with van der Waals surface area (Å²) in [5.41, 5.74) is 1.06. The molecule has 3 rings (SSSR count). The fourth-order valence-electron chi connectivity index (χ4n) is 2.53. The van der Waals surface area contributed by atoms with E-state index in [2.05, 4.69) is 5.32 Å². The molecule has 4 nitrogen and oxygen atoms in total. The van der Waals surface area contributed by atoms with Crippen molar-refractivity contribution in [3.05, 3.63) is 88.3 Å². The molecule has 0 aliphatic heterocycles. The molecule has 3 aromatic rings. The molecular weight excluding hydrogens is 390 g/mol. The Labute approximate surface area is 161 Å². The summed E-state index contributed by atoms with van der Waals surface area (Å²) in [5, 5.41) is 4.08.